The molecule has 1 heterocycles. The summed E-state index contributed by atoms with van der Waals surface area (Å²) in [7, 11) is 0. The first-order valence-corrected chi connectivity index (χ1v) is 6.54. The summed E-state index contributed by atoms with van der Waals surface area (Å²) in [6, 6.07) is 11.9. The van der Waals surface area contributed by atoms with Crippen molar-refractivity contribution in [3.05, 3.63) is 53.2 Å². The number of hydrogen-bond acceptors (Lipinski definition) is 3. The van der Waals surface area contributed by atoms with Crippen LogP contribution in [0, 0.1) is 6.92 Å². The van der Waals surface area contributed by atoms with E-state index in [1.165, 1.54) is 5.56 Å². The van der Waals surface area contributed by atoms with Gasteiger partial charge in [-0.25, -0.2) is 4.98 Å². The highest BCUT2D eigenvalue weighted by atomic mass is 16.5. The smallest absolute Gasteiger partial charge is 0.219 e. The second kappa shape index (κ2) is 5.85. The number of hydrogen-bond donors (Lipinski definition) is 1. The largest absolute Gasteiger partial charge is 0.439 e. The van der Waals surface area contributed by atoms with Crippen LogP contribution in [0.3, 0.4) is 0 Å². The van der Waals surface area contributed by atoms with Crippen LogP contribution in [0.5, 0.6) is 11.6 Å². The van der Waals surface area contributed by atoms with E-state index in [1.807, 2.05) is 31.2 Å². The summed E-state index contributed by atoms with van der Waals surface area (Å²) in [6.45, 7) is 6.77. The predicted molar refractivity (Wildman–Crippen MR) is 77.5 cm³/mol. The van der Waals surface area contributed by atoms with Crippen LogP contribution in [0.1, 0.15) is 36.6 Å². The highest BCUT2D eigenvalue weighted by molar-refractivity contribution is 5.34. The van der Waals surface area contributed by atoms with Crippen molar-refractivity contribution >= 4 is 0 Å². The summed E-state index contributed by atoms with van der Waals surface area (Å²) in [5.41, 5.74) is 8.84. The highest BCUT2D eigenvalue weighted by Crippen LogP contribution is 2.24. The van der Waals surface area contributed by atoms with Gasteiger partial charge in [0.15, 0.2) is 0 Å². The molecule has 0 aliphatic heterocycles. The van der Waals surface area contributed by atoms with Crippen LogP contribution < -0.4 is 10.5 Å². The zero-order chi connectivity index (χ0) is 13.8. The van der Waals surface area contributed by atoms with E-state index in [0.717, 1.165) is 17.0 Å². The standard InChI is InChI=1S/C16H20N2O/c1-11(2)13-5-4-6-15(9-13)19-16-8-7-14(10-17)12(3)18-16/h4-9,11H,10,17H2,1-3H3. The average molecular weight is 256 g/mol. The molecule has 1 aromatic heterocycles. The van der Waals surface area contributed by atoms with Gasteiger partial charge >= 0.3 is 0 Å². The van der Waals surface area contributed by atoms with Gasteiger partial charge < -0.3 is 10.5 Å². The maximum absolute atomic E-state index is 5.80. The number of aromatic nitrogens is 1. The molecule has 0 saturated carbocycles. The molecule has 0 aliphatic rings. The third-order valence-electron chi connectivity index (χ3n) is 3.14. The van der Waals surface area contributed by atoms with Crippen LogP contribution >= 0.6 is 0 Å². The van der Waals surface area contributed by atoms with Gasteiger partial charge in [0, 0.05) is 18.3 Å². The lowest BCUT2D eigenvalue weighted by molar-refractivity contribution is 0.460. The van der Waals surface area contributed by atoms with E-state index in [0.29, 0.717) is 18.3 Å². The van der Waals surface area contributed by atoms with E-state index < -0.39 is 0 Å². The van der Waals surface area contributed by atoms with Crippen LogP contribution in [-0.4, -0.2) is 4.98 Å². The SMILES string of the molecule is Cc1nc(Oc2cccc(C(C)C)c2)ccc1CN. The molecule has 0 unspecified atom stereocenters. The quantitative estimate of drug-likeness (QED) is 0.906. The molecule has 0 bridgehead atoms. The maximum Gasteiger partial charge on any atom is 0.219 e. The third kappa shape index (κ3) is 3.32. The number of rotatable bonds is 4. The van der Waals surface area contributed by atoms with Gasteiger partial charge in [-0.2, -0.15) is 0 Å². The fourth-order valence-electron chi connectivity index (χ4n) is 1.90. The third-order valence-corrected chi connectivity index (χ3v) is 3.14. The van der Waals surface area contributed by atoms with Gasteiger partial charge in [0.2, 0.25) is 5.88 Å². The fraction of sp³-hybridized carbons (Fsp3) is 0.312. The second-order valence-corrected chi connectivity index (χ2v) is 4.93. The lowest BCUT2D eigenvalue weighted by Gasteiger charge is -2.10. The van der Waals surface area contributed by atoms with E-state index in [1.54, 1.807) is 0 Å². The monoisotopic (exact) mass is 256 g/mol. The minimum absolute atomic E-state index is 0.484. The Bertz CT molecular complexity index is 564. The van der Waals surface area contributed by atoms with Gasteiger partial charge in [0.05, 0.1) is 0 Å². The second-order valence-electron chi connectivity index (χ2n) is 4.93. The number of pyridine rings is 1. The van der Waals surface area contributed by atoms with Gasteiger partial charge in [-0.05, 0) is 36.1 Å². The van der Waals surface area contributed by atoms with Crippen LogP contribution in [0.4, 0.5) is 0 Å². The van der Waals surface area contributed by atoms with Gasteiger partial charge in [-0.1, -0.05) is 32.0 Å². The van der Waals surface area contributed by atoms with Crippen LogP contribution in [-0.2, 0) is 6.54 Å². The van der Waals surface area contributed by atoms with Crippen molar-refractivity contribution in [3.63, 3.8) is 0 Å². The Morgan fingerprint density at radius 1 is 1.21 bits per heavy atom. The fourth-order valence-corrected chi connectivity index (χ4v) is 1.90. The lowest BCUT2D eigenvalue weighted by atomic mass is 10.0. The lowest BCUT2D eigenvalue weighted by Crippen LogP contribution is -2.01. The van der Waals surface area contributed by atoms with Crippen molar-refractivity contribution in [2.45, 2.75) is 33.2 Å². The summed E-state index contributed by atoms with van der Waals surface area (Å²) >= 11 is 0. The zero-order valence-electron chi connectivity index (χ0n) is 11.7. The number of nitrogens with zero attached hydrogens (tertiary/aromatic N) is 1. The van der Waals surface area contributed by atoms with Crippen molar-refractivity contribution in [1.29, 1.82) is 0 Å². The molecule has 2 N–H and O–H groups in total. The Morgan fingerprint density at radius 2 is 2.00 bits per heavy atom. The molecule has 0 aliphatic carbocycles. The molecule has 2 rings (SSSR count). The molecule has 2 aromatic rings. The molecule has 1 aromatic carbocycles. The van der Waals surface area contributed by atoms with Gasteiger partial charge in [0.25, 0.3) is 0 Å². The predicted octanol–water partition coefficient (Wildman–Crippen LogP) is 3.76. The van der Waals surface area contributed by atoms with Crippen LogP contribution in [0.15, 0.2) is 36.4 Å². The molecule has 0 amide bonds. The number of ether oxygens (including phenoxy) is 1. The molecule has 0 fully saturated rings. The first-order chi connectivity index (χ1) is 9.10. The average Bonchev–Trinajstić information content (AvgIpc) is 2.39. The number of benzene rings is 1. The Kier molecular flexibility index (Phi) is 4.17. The summed E-state index contributed by atoms with van der Waals surface area (Å²) in [6.07, 6.45) is 0. The van der Waals surface area contributed by atoms with E-state index in [4.69, 9.17) is 10.5 Å². The first-order valence-electron chi connectivity index (χ1n) is 6.54. The first kappa shape index (κ1) is 13.6. The van der Waals surface area contributed by atoms with Crippen LogP contribution in [0.2, 0.25) is 0 Å². The Hall–Kier alpha value is -1.87. The van der Waals surface area contributed by atoms with Crippen molar-refractivity contribution in [1.82, 2.24) is 4.98 Å². The topological polar surface area (TPSA) is 48.1 Å². The van der Waals surface area contributed by atoms with E-state index in [2.05, 4.69) is 31.0 Å². The van der Waals surface area contributed by atoms with Crippen molar-refractivity contribution in [2.75, 3.05) is 0 Å². The molecule has 0 atom stereocenters. The minimum atomic E-state index is 0.484. The highest BCUT2D eigenvalue weighted by Gasteiger charge is 2.05. The summed E-state index contributed by atoms with van der Waals surface area (Å²) in [4.78, 5) is 4.41. The molecule has 0 saturated heterocycles. The number of aryl methyl sites for hydroxylation is 1. The van der Waals surface area contributed by atoms with Crippen molar-refractivity contribution < 1.29 is 4.74 Å². The molecule has 100 valence electrons. The van der Waals surface area contributed by atoms with Crippen LogP contribution in [0.25, 0.3) is 0 Å². The Balaban J connectivity index is 2.21. The van der Waals surface area contributed by atoms with Gasteiger partial charge in [-0.15, -0.1) is 0 Å². The molecule has 19 heavy (non-hydrogen) atoms. The van der Waals surface area contributed by atoms with Crippen molar-refractivity contribution in [2.24, 2.45) is 5.73 Å². The Labute approximate surface area is 114 Å². The van der Waals surface area contributed by atoms with Gasteiger partial charge in [0.1, 0.15) is 5.75 Å². The van der Waals surface area contributed by atoms with Crippen molar-refractivity contribution in [3.8, 4) is 11.6 Å². The Morgan fingerprint density at radius 3 is 2.63 bits per heavy atom. The zero-order valence-corrected chi connectivity index (χ0v) is 11.7. The van der Waals surface area contributed by atoms with Gasteiger partial charge in [-0.3, -0.25) is 0 Å². The molecular weight excluding hydrogens is 236 g/mol. The minimum Gasteiger partial charge on any atom is -0.439 e. The maximum atomic E-state index is 5.80. The summed E-state index contributed by atoms with van der Waals surface area (Å²) in [5.74, 6) is 1.91. The summed E-state index contributed by atoms with van der Waals surface area (Å²) < 4.78 is 5.80. The normalized spacial score (nSPS) is 10.8. The molecule has 0 spiro atoms. The molecule has 0 radical (unpaired) electrons. The molecular formula is C16H20N2O. The van der Waals surface area contributed by atoms with E-state index >= 15 is 0 Å². The summed E-state index contributed by atoms with van der Waals surface area (Å²) in [5, 5.41) is 0. The van der Waals surface area contributed by atoms with E-state index in [9.17, 15) is 0 Å². The van der Waals surface area contributed by atoms with E-state index in [-0.39, 0.29) is 0 Å². The number of nitrogens with two attached hydrogens (primary N) is 1. The molecule has 3 nitrogen and oxygen atoms in total. The molecule has 3 heteroatoms.